The number of para-hydroxylation sites is 1. The van der Waals surface area contributed by atoms with Crippen LogP contribution < -0.4 is 4.74 Å². The van der Waals surface area contributed by atoms with E-state index in [0.717, 1.165) is 11.1 Å². The molecule has 4 heteroatoms. The van der Waals surface area contributed by atoms with Gasteiger partial charge in [0.25, 0.3) is 0 Å². The van der Waals surface area contributed by atoms with Gasteiger partial charge in [0.2, 0.25) is 0 Å². The largest absolute Gasteiger partial charge is 0.422 e. The van der Waals surface area contributed by atoms with Gasteiger partial charge in [-0.1, -0.05) is 41.4 Å². The third-order valence-electron chi connectivity index (χ3n) is 2.76. The van der Waals surface area contributed by atoms with E-state index in [1.165, 1.54) is 6.07 Å². The van der Waals surface area contributed by atoms with Crippen molar-refractivity contribution in [2.24, 2.45) is 0 Å². The molecule has 0 fully saturated rings. The van der Waals surface area contributed by atoms with Crippen LogP contribution >= 0.6 is 23.2 Å². The highest BCUT2D eigenvalue weighted by molar-refractivity contribution is 6.42. The van der Waals surface area contributed by atoms with Gasteiger partial charge in [-0.2, -0.15) is 0 Å². The van der Waals surface area contributed by atoms with Crippen LogP contribution in [0.3, 0.4) is 0 Å². The Bertz CT molecular complexity index is 616. The molecule has 0 N–H and O–H groups in total. The summed E-state index contributed by atoms with van der Waals surface area (Å²) in [6.07, 6.45) is 0. The number of hydrogen-bond donors (Lipinski definition) is 0. The van der Waals surface area contributed by atoms with Gasteiger partial charge < -0.3 is 4.74 Å². The predicted molar refractivity (Wildman–Crippen MR) is 77.3 cm³/mol. The first-order valence-electron chi connectivity index (χ1n) is 5.72. The topological polar surface area (TPSA) is 26.3 Å². The molecule has 0 saturated carbocycles. The molecule has 0 unspecified atom stereocenters. The highest BCUT2D eigenvalue weighted by Gasteiger charge is 2.13. The summed E-state index contributed by atoms with van der Waals surface area (Å²) in [6.45, 7) is 3.79. The maximum Gasteiger partial charge on any atom is 0.343 e. The number of carbonyl (C=O) groups is 1. The van der Waals surface area contributed by atoms with Crippen molar-refractivity contribution in [1.29, 1.82) is 0 Å². The van der Waals surface area contributed by atoms with Crippen LogP contribution in [0.5, 0.6) is 5.75 Å². The molecule has 0 heterocycles. The lowest BCUT2D eigenvalue weighted by Crippen LogP contribution is -2.10. The second kappa shape index (κ2) is 5.64. The van der Waals surface area contributed by atoms with Crippen LogP contribution in [-0.2, 0) is 0 Å². The number of halogens is 2. The van der Waals surface area contributed by atoms with Crippen LogP contribution in [0.4, 0.5) is 0 Å². The Hall–Kier alpha value is -1.51. The SMILES string of the molecule is Cc1cccc(C)c1OC(=O)c1ccc(Cl)c(Cl)c1. The minimum Gasteiger partial charge on any atom is -0.422 e. The van der Waals surface area contributed by atoms with Crippen molar-refractivity contribution in [2.75, 3.05) is 0 Å². The number of hydrogen-bond acceptors (Lipinski definition) is 2. The van der Waals surface area contributed by atoms with E-state index in [-0.39, 0.29) is 0 Å². The van der Waals surface area contributed by atoms with Crippen LogP contribution in [0, 0.1) is 13.8 Å². The van der Waals surface area contributed by atoms with Crippen LogP contribution in [0.2, 0.25) is 10.0 Å². The lowest BCUT2D eigenvalue weighted by molar-refractivity contribution is 0.0732. The summed E-state index contributed by atoms with van der Waals surface area (Å²) in [5.74, 6) is 0.134. The maximum atomic E-state index is 12.1. The smallest absolute Gasteiger partial charge is 0.343 e. The van der Waals surface area contributed by atoms with E-state index >= 15 is 0 Å². The molecule has 2 aromatic carbocycles. The van der Waals surface area contributed by atoms with E-state index in [2.05, 4.69) is 0 Å². The number of esters is 1. The van der Waals surface area contributed by atoms with Crippen molar-refractivity contribution >= 4 is 29.2 Å². The second-order valence-electron chi connectivity index (χ2n) is 4.24. The van der Waals surface area contributed by atoms with Crippen molar-refractivity contribution in [3.05, 3.63) is 63.1 Å². The van der Waals surface area contributed by atoms with Gasteiger partial charge in [-0.3, -0.25) is 0 Å². The second-order valence-corrected chi connectivity index (χ2v) is 5.05. The fraction of sp³-hybridized carbons (Fsp3) is 0.133. The third kappa shape index (κ3) is 3.09. The molecule has 0 aliphatic carbocycles. The number of carbonyl (C=O) groups excluding carboxylic acids is 1. The Labute approximate surface area is 121 Å². The number of rotatable bonds is 2. The van der Waals surface area contributed by atoms with Gasteiger partial charge in [0.05, 0.1) is 15.6 Å². The molecule has 2 nitrogen and oxygen atoms in total. The summed E-state index contributed by atoms with van der Waals surface area (Å²) in [7, 11) is 0. The zero-order valence-electron chi connectivity index (χ0n) is 10.5. The number of aryl methyl sites for hydroxylation is 2. The van der Waals surface area contributed by atoms with Gasteiger partial charge in [0.15, 0.2) is 0 Å². The highest BCUT2D eigenvalue weighted by atomic mass is 35.5. The van der Waals surface area contributed by atoms with E-state index < -0.39 is 5.97 Å². The number of ether oxygens (including phenoxy) is 1. The summed E-state index contributed by atoms with van der Waals surface area (Å²) in [4.78, 5) is 12.1. The van der Waals surface area contributed by atoms with Crippen molar-refractivity contribution in [2.45, 2.75) is 13.8 Å². The Morgan fingerprint density at radius 2 is 1.63 bits per heavy atom. The monoisotopic (exact) mass is 294 g/mol. The Balaban J connectivity index is 2.28. The summed E-state index contributed by atoms with van der Waals surface area (Å²) in [5, 5.41) is 0.739. The Kier molecular flexibility index (Phi) is 4.13. The quantitative estimate of drug-likeness (QED) is 0.586. The summed E-state index contributed by atoms with van der Waals surface area (Å²) in [5.41, 5.74) is 2.19. The molecule has 0 saturated heterocycles. The first-order chi connectivity index (χ1) is 8.99. The molecule has 0 aromatic heterocycles. The Morgan fingerprint density at radius 3 is 2.21 bits per heavy atom. The molecule has 0 aliphatic heterocycles. The molecule has 0 spiro atoms. The van der Waals surface area contributed by atoms with Crippen LogP contribution in [0.15, 0.2) is 36.4 Å². The average molecular weight is 295 g/mol. The predicted octanol–water partition coefficient (Wildman–Crippen LogP) is 4.83. The molecular formula is C15H12Cl2O2. The lowest BCUT2D eigenvalue weighted by atomic mass is 10.1. The molecular weight excluding hydrogens is 283 g/mol. The number of benzene rings is 2. The minimum absolute atomic E-state index is 0.331. The zero-order chi connectivity index (χ0) is 14.0. The standard InChI is InChI=1S/C15H12Cl2O2/c1-9-4-3-5-10(2)14(9)19-15(18)11-6-7-12(16)13(17)8-11/h3-8H,1-2H3. The van der Waals surface area contributed by atoms with Crippen LogP contribution in [0.25, 0.3) is 0 Å². The maximum absolute atomic E-state index is 12.1. The van der Waals surface area contributed by atoms with E-state index in [1.54, 1.807) is 12.1 Å². The normalized spacial score (nSPS) is 10.3. The van der Waals surface area contributed by atoms with Crippen molar-refractivity contribution in [3.63, 3.8) is 0 Å². The molecule has 2 rings (SSSR count). The van der Waals surface area contributed by atoms with Crippen LogP contribution in [0.1, 0.15) is 21.5 Å². The summed E-state index contributed by atoms with van der Waals surface area (Å²) in [6, 6.07) is 10.4. The summed E-state index contributed by atoms with van der Waals surface area (Å²) < 4.78 is 5.42. The van der Waals surface area contributed by atoms with Gasteiger partial charge in [-0.05, 0) is 43.2 Å². The van der Waals surface area contributed by atoms with E-state index in [9.17, 15) is 4.79 Å². The summed E-state index contributed by atoms with van der Waals surface area (Å²) >= 11 is 11.7. The van der Waals surface area contributed by atoms with Crippen LogP contribution in [-0.4, -0.2) is 5.97 Å². The van der Waals surface area contributed by atoms with Gasteiger partial charge in [-0.15, -0.1) is 0 Å². The first kappa shape index (κ1) is 13.9. The Morgan fingerprint density at radius 1 is 1.00 bits per heavy atom. The fourth-order valence-electron chi connectivity index (χ4n) is 1.73. The third-order valence-corrected chi connectivity index (χ3v) is 3.50. The van der Waals surface area contributed by atoms with Gasteiger partial charge >= 0.3 is 5.97 Å². The zero-order valence-corrected chi connectivity index (χ0v) is 12.0. The molecule has 0 atom stereocenters. The molecule has 2 aromatic rings. The first-order valence-corrected chi connectivity index (χ1v) is 6.48. The van der Waals surface area contributed by atoms with Crippen molar-refractivity contribution in [1.82, 2.24) is 0 Å². The van der Waals surface area contributed by atoms with Crippen molar-refractivity contribution < 1.29 is 9.53 Å². The van der Waals surface area contributed by atoms with E-state index in [0.29, 0.717) is 21.4 Å². The fourth-order valence-corrected chi connectivity index (χ4v) is 2.03. The average Bonchev–Trinajstić information content (AvgIpc) is 2.37. The van der Waals surface area contributed by atoms with E-state index in [4.69, 9.17) is 27.9 Å². The van der Waals surface area contributed by atoms with Gasteiger partial charge in [0, 0.05) is 0 Å². The molecule has 0 amide bonds. The molecule has 19 heavy (non-hydrogen) atoms. The molecule has 98 valence electrons. The lowest BCUT2D eigenvalue weighted by Gasteiger charge is -2.10. The van der Waals surface area contributed by atoms with E-state index in [1.807, 2.05) is 32.0 Å². The van der Waals surface area contributed by atoms with Gasteiger partial charge in [-0.25, -0.2) is 4.79 Å². The minimum atomic E-state index is -0.448. The molecule has 0 radical (unpaired) electrons. The molecule has 0 aliphatic rings. The van der Waals surface area contributed by atoms with Gasteiger partial charge in [0.1, 0.15) is 5.75 Å². The molecule has 0 bridgehead atoms. The highest BCUT2D eigenvalue weighted by Crippen LogP contribution is 2.26. The van der Waals surface area contributed by atoms with Crippen molar-refractivity contribution in [3.8, 4) is 5.75 Å².